The number of carbonyl (C=O) groups is 3. The summed E-state index contributed by atoms with van der Waals surface area (Å²) in [5, 5.41) is 2.50. The predicted molar refractivity (Wildman–Crippen MR) is 129 cm³/mol. The minimum absolute atomic E-state index is 0.0463. The molecule has 0 bridgehead atoms. The highest BCUT2D eigenvalue weighted by Gasteiger charge is 2.38. The number of rotatable bonds is 7. The summed E-state index contributed by atoms with van der Waals surface area (Å²) in [6.07, 6.45) is 3.02. The molecule has 0 radical (unpaired) electrons. The van der Waals surface area contributed by atoms with E-state index in [2.05, 4.69) is 5.32 Å². The van der Waals surface area contributed by atoms with E-state index >= 15 is 0 Å². The van der Waals surface area contributed by atoms with Crippen molar-refractivity contribution < 1.29 is 27.5 Å². The summed E-state index contributed by atoms with van der Waals surface area (Å²) in [7, 11) is -2.38. The van der Waals surface area contributed by atoms with Crippen molar-refractivity contribution in [2.24, 2.45) is 5.92 Å². The lowest BCUT2D eigenvalue weighted by molar-refractivity contribution is -0.137. The van der Waals surface area contributed by atoms with Gasteiger partial charge in [-0.1, -0.05) is 31.5 Å². The zero-order valence-corrected chi connectivity index (χ0v) is 21.5. The van der Waals surface area contributed by atoms with Crippen molar-refractivity contribution in [2.45, 2.75) is 57.0 Å². The summed E-state index contributed by atoms with van der Waals surface area (Å²) < 4.78 is 32.7. The first-order valence-corrected chi connectivity index (χ1v) is 13.2. The van der Waals surface area contributed by atoms with Crippen LogP contribution in [0.5, 0.6) is 0 Å². The molecule has 2 aliphatic rings. The van der Waals surface area contributed by atoms with Gasteiger partial charge in [0.25, 0.3) is 10.0 Å². The van der Waals surface area contributed by atoms with Crippen LogP contribution in [-0.4, -0.2) is 79.3 Å². The van der Waals surface area contributed by atoms with Crippen LogP contribution in [0.2, 0.25) is 0 Å². The van der Waals surface area contributed by atoms with Gasteiger partial charge in [0, 0.05) is 38.6 Å². The molecule has 2 heterocycles. The Morgan fingerprint density at radius 2 is 1.80 bits per heavy atom. The molecule has 1 aromatic rings. The van der Waals surface area contributed by atoms with Gasteiger partial charge in [0.05, 0.1) is 17.9 Å². The predicted octanol–water partition coefficient (Wildman–Crippen LogP) is 2.06. The molecule has 35 heavy (non-hydrogen) atoms. The molecule has 1 fully saturated rings. The van der Waals surface area contributed by atoms with Crippen LogP contribution in [-0.2, 0) is 24.3 Å². The van der Waals surface area contributed by atoms with Crippen LogP contribution in [0, 0.1) is 12.8 Å². The molecular formula is C24H34N4O6S. The fourth-order valence-corrected chi connectivity index (χ4v) is 5.50. The number of piperidine rings is 1. The zero-order valence-electron chi connectivity index (χ0n) is 20.6. The number of hydrogen-bond acceptors (Lipinski definition) is 6. The first-order chi connectivity index (χ1) is 16.5. The van der Waals surface area contributed by atoms with Crippen LogP contribution < -0.4 is 5.32 Å². The first-order valence-electron chi connectivity index (χ1n) is 11.7. The molecule has 1 saturated heterocycles. The number of ether oxygens (including phenoxy) is 1. The molecule has 0 aliphatic carbocycles. The monoisotopic (exact) mass is 506 g/mol. The van der Waals surface area contributed by atoms with E-state index in [-0.39, 0.29) is 35.3 Å². The number of hydrogen-bond donors (Lipinski definition) is 1. The average molecular weight is 507 g/mol. The molecule has 0 unspecified atom stereocenters. The summed E-state index contributed by atoms with van der Waals surface area (Å²) >= 11 is 0. The Morgan fingerprint density at radius 1 is 1.17 bits per heavy atom. The third kappa shape index (κ3) is 6.33. The van der Waals surface area contributed by atoms with Crippen LogP contribution in [0.1, 0.15) is 38.7 Å². The SMILES string of the molecule is Cc1ccc(S(=O)(=O)N2C=CNC(=O)[C@H]2CC(=O)N(C)C2CCN(C(=O)OCC(C)C)CC2)cc1. The third-order valence-corrected chi connectivity index (χ3v) is 8.02. The van der Waals surface area contributed by atoms with Crippen LogP contribution in [0.15, 0.2) is 41.6 Å². The average Bonchev–Trinajstić information content (AvgIpc) is 2.83. The lowest BCUT2D eigenvalue weighted by Gasteiger charge is -2.37. The van der Waals surface area contributed by atoms with Gasteiger partial charge in [0.2, 0.25) is 11.8 Å². The Labute approximate surface area is 206 Å². The van der Waals surface area contributed by atoms with Crippen LogP contribution >= 0.6 is 0 Å². The van der Waals surface area contributed by atoms with E-state index in [1.807, 2.05) is 20.8 Å². The van der Waals surface area contributed by atoms with Gasteiger partial charge in [0.15, 0.2) is 0 Å². The summed E-state index contributed by atoms with van der Waals surface area (Å²) in [6, 6.07) is 5.00. The standard InChI is InChI=1S/C24H34N4O6S/c1-17(2)16-34-24(31)27-12-9-19(10-13-27)26(4)22(29)15-21-23(30)25-11-14-28(21)35(32,33)20-7-5-18(3)6-8-20/h5-8,11,14,17,19,21H,9-10,12-13,15-16H2,1-4H3,(H,25,30)/t21-/m1/s1. The van der Waals surface area contributed by atoms with Gasteiger partial charge >= 0.3 is 6.09 Å². The highest BCUT2D eigenvalue weighted by atomic mass is 32.2. The van der Waals surface area contributed by atoms with Gasteiger partial charge in [-0.15, -0.1) is 0 Å². The van der Waals surface area contributed by atoms with Crippen molar-refractivity contribution in [2.75, 3.05) is 26.7 Å². The van der Waals surface area contributed by atoms with E-state index in [0.717, 1.165) is 9.87 Å². The number of aryl methyl sites for hydroxylation is 1. The maximum Gasteiger partial charge on any atom is 0.409 e. The number of nitrogens with one attached hydrogen (secondary N) is 1. The lowest BCUT2D eigenvalue weighted by atomic mass is 10.0. The van der Waals surface area contributed by atoms with E-state index in [4.69, 9.17) is 4.74 Å². The number of nitrogens with zero attached hydrogens (tertiary/aromatic N) is 3. The number of carbonyl (C=O) groups excluding carboxylic acids is 3. The summed E-state index contributed by atoms with van der Waals surface area (Å²) in [6.45, 7) is 7.06. The summed E-state index contributed by atoms with van der Waals surface area (Å²) in [5.74, 6) is -0.653. The van der Waals surface area contributed by atoms with Crippen LogP contribution in [0.25, 0.3) is 0 Å². The lowest BCUT2D eigenvalue weighted by Crippen LogP contribution is -2.53. The second-order valence-corrected chi connectivity index (χ2v) is 11.2. The second-order valence-electron chi connectivity index (χ2n) is 9.39. The van der Waals surface area contributed by atoms with Crippen LogP contribution in [0.4, 0.5) is 4.79 Å². The Hall–Kier alpha value is -3.08. The van der Waals surface area contributed by atoms with E-state index in [1.54, 1.807) is 29.0 Å². The first kappa shape index (κ1) is 26.5. The molecule has 1 aromatic carbocycles. The molecule has 11 heteroatoms. The van der Waals surface area contributed by atoms with E-state index in [9.17, 15) is 22.8 Å². The maximum absolute atomic E-state index is 13.2. The molecule has 2 aliphatic heterocycles. The molecular weight excluding hydrogens is 472 g/mol. The van der Waals surface area contributed by atoms with E-state index in [1.165, 1.54) is 24.5 Å². The summed E-state index contributed by atoms with van der Waals surface area (Å²) in [4.78, 5) is 41.1. The molecule has 1 N–H and O–H groups in total. The molecule has 192 valence electrons. The molecule has 0 aromatic heterocycles. The number of likely N-dealkylation sites (tertiary alicyclic amines) is 1. The third-order valence-electron chi connectivity index (χ3n) is 6.23. The second kappa shape index (κ2) is 11.1. The quantitative estimate of drug-likeness (QED) is 0.605. The van der Waals surface area contributed by atoms with E-state index < -0.39 is 22.0 Å². The zero-order chi connectivity index (χ0) is 25.8. The molecule has 1 atom stereocenters. The van der Waals surface area contributed by atoms with Crippen molar-refractivity contribution in [1.29, 1.82) is 0 Å². The smallest absolute Gasteiger partial charge is 0.409 e. The topological polar surface area (TPSA) is 116 Å². The highest BCUT2D eigenvalue weighted by molar-refractivity contribution is 7.89. The fourth-order valence-electron chi connectivity index (χ4n) is 4.05. The minimum atomic E-state index is -4.03. The molecule has 0 saturated carbocycles. The van der Waals surface area contributed by atoms with Crippen molar-refractivity contribution >= 4 is 27.9 Å². The number of sulfonamides is 1. The van der Waals surface area contributed by atoms with Crippen molar-refractivity contribution in [3.63, 3.8) is 0 Å². The molecule has 10 nitrogen and oxygen atoms in total. The Balaban J connectivity index is 1.64. The number of benzene rings is 1. The molecule has 3 rings (SSSR count). The van der Waals surface area contributed by atoms with Gasteiger partial charge in [-0.05, 0) is 37.8 Å². The van der Waals surface area contributed by atoms with Crippen molar-refractivity contribution in [3.05, 3.63) is 42.2 Å². The Morgan fingerprint density at radius 3 is 2.40 bits per heavy atom. The highest BCUT2D eigenvalue weighted by Crippen LogP contribution is 2.24. The van der Waals surface area contributed by atoms with Gasteiger partial charge < -0.3 is 19.9 Å². The van der Waals surface area contributed by atoms with Crippen LogP contribution in [0.3, 0.4) is 0 Å². The summed E-state index contributed by atoms with van der Waals surface area (Å²) in [5.41, 5.74) is 0.906. The van der Waals surface area contributed by atoms with Gasteiger partial charge in [-0.3, -0.25) is 13.9 Å². The van der Waals surface area contributed by atoms with Crippen molar-refractivity contribution in [3.8, 4) is 0 Å². The molecule has 3 amide bonds. The van der Waals surface area contributed by atoms with Gasteiger partial charge in [0.1, 0.15) is 6.04 Å². The van der Waals surface area contributed by atoms with Crippen molar-refractivity contribution in [1.82, 2.24) is 19.4 Å². The number of amides is 3. The molecule has 0 spiro atoms. The Kier molecular flexibility index (Phi) is 8.42. The van der Waals surface area contributed by atoms with Gasteiger partial charge in [-0.25, -0.2) is 13.2 Å². The van der Waals surface area contributed by atoms with E-state index in [0.29, 0.717) is 32.5 Å². The Bertz CT molecular complexity index is 1060. The van der Waals surface area contributed by atoms with Gasteiger partial charge in [-0.2, -0.15) is 0 Å². The maximum atomic E-state index is 13.2. The minimum Gasteiger partial charge on any atom is -0.449 e. The largest absolute Gasteiger partial charge is 0.449 e. The fraction of sp³-hybridized carbons (Fsp3) is 0.542. The normalized spacial score (nSPS) is 19.0.